The van der Waals surface area contributed by atoms with Crippen molar-refractivity contribution >= 4 is 46.2 Å². The van der Waals surface area contributed by atoms with E-state index in [0.29, 0.717) is 42.0 Å². The number of benzene rings is 1. The Balaban J connectivity index is 1.42. The highest BCUT2D eigenvalue weighted by Crippen LogP contribution is 2.34. The highest BCUT2D eigenvalue weighted by Gasteiger charge is 2.41. The Bertz CT molecular complexity index is 1110. The average molecular weight is 482 g/mol. The lowest BCUT2D eigenvalue weighted by atomic mass is 10.1. The summed E-state index contributed by atoms with van der Waals surface area (Å²) in [6.07, 6.45) is 4.02. The SMILES string of the molecule is CCCCNC(=O)CC[C@H]1N=C2c3ccccc3N=C(SCC(=O)NCc3ccco3)N2C1=O. The minimum absolute atomic E-state index is 0.0804. The smallest absolute Gasteiger partial charge is 0.259 e. The van der Waals surface area contributed by atoms with E-state index in [2.05, 4.69) is 27.5 Å². The number of thioether (sulfide) groups is 1. The Morgan fingerprint density at radius 3 is 2.79 bits per heavy atom. The van der Waals surface area contributed by atoms with Gasteiger partial charge in [0.05, 0.1) is 24.2 Å². The van der Waals surface area contributed by atoms with Crippen LogP contribution in [0.25, 0.3) is 0 Å². The number of nitrogens with zero attached hydrogens (tertiary/aromatic N) is 3. The molecule has 4 rings (SSSR count). The Hall–Kier alpha value is -3.40. The van der Waals surface area contributed by atoms with Crippen molar-refractivity contribution in [3.8, 4) is 0 Å². The highest BCUT2D eigenvalue weighted by molar-refractivity contribution is 8.14. The molecule has 0 unspecified atom stereocenters. The third-order valence-corrected chi connectivity index (χ3v) is 6.36. The van der Waals surface area contributed by atoms with E-state index < -0.39 is 6.04 Å². The fraction of sp³-hybridized carbons (Fsp3) is 0.375. The molecule has 2 aromatic rings. The van der Waals surface area contributed by atoms with Gasteiger partial charge in [-0.15, -0.1) is 0 Å². The molecule has 0 spiro atoms. The zero-order valence-corrected chi connectivity index (χ0v) is 19.8. The largest absolute Gasteiger partial charge is 0.467 e. The van der Waals surface area contributed by atoms with E-state index in [1.165, 1.54) is 16.7 Å². The van der Waals surface area contributed by atoms with Crippen molar-refractivity contribution < 1.29 is 18.8 Å². The number of amides is 3. The van der Waals surface area contributed by atoms with Crippen LogP contribution < -0.4 is 10.6 Å². The van der Waals surface area contributed by atoms with Crippen LogP contribution in [0.4, 0.5) is 5.69 Å². The molecule has 1 aromatic carbocycles. The summed E-state index contributed by atoms with van der Waals surface area (Å²) in [4.78, 5) is 48.5. The summed E-state index contributed by atoms with van der Waals surface area (Å²) in [5, 5.41) is 6.07. The van der Waals surface area contributed by atoms with Gasteiger partial charge >= 0.3 is 0 Å². The molecule has 34 heavy (non-hydrogen) atoms. The number of aliphatic imine (C=N–C) groups is 2. The molecule has 1 atom stereocenters. The fourth-order valence-electron chi connectivity index (χ4n) is 3.63. The van der Waals surface area contributed by atoms with Crippen molar-refractivity contribution in [1.29, 1.82) is 0 Å². The van der Waals surface area contributed by atoms with Gasteiger partial charge in [0.1, 0.15) is 17.6 Å². The van der Waals surface area contributed by atoms with Crippen LogP contribution in [0.2, 0.25) is 0 Å². The van der Waals surface area contributed by atoms with Crippen LogP contribution in [-0.2, 0) is 20.9 Å². The molecule has 9 nitrogen and oxygen atoms in total. The van der Waals surface area contributed by atoms with Gasteiger partial charge in [0.25, 0.3) is 5.91 Å². The zero-order chi connectivity index (χ0) is 23.9. The van der Waals surface area contributed by atoms with Crippen LogP contribution >= 0.6 is 11.8 Å². The quantitative estimate of drug-likeness (QED) is 0.506. The first-order valence-corrected chi connectivity index (χ1v) is 12.3. The second-order valence-corrected chi connectivity index (χ2v) is 8.88. The van der Waals surface area contributed by atoms with Crippen LogP contribution in [0, 0.1) is 0 Å². The van der Waals surface area contributed by atoms with Crippen molar-refractivity contribution in [3.63, 3.8) is 0 Å². The number of fused-ring (bicyclic) bond motifs is 3. The van der Waals surface area contributed by atoms with Gasteiger partial charge in [-0.2, -0.15) is 0 Å². The molecule has 2 aliphatic heterocycles. The summed E-state index contributed by atoms with van der Waals surface area (Å²) in [7, 11) is 0. The van der Waals surface area contributed by atoms with Gasteiger partial charge in [0.15, 0.2) is 5.17 Å². The van der Waals surface area contributed by atoms with Gasteiger partial charge < -0.3 is 15.1 Å². The van der Waals surface area contributed by atoms with Crippen molar-refractivity contribution in [2.45, 2.75) is 45.2 Å². The summed E-state index contributed by atoms with van der Waals surface area (Å²) in [5.74, 6) is 0.756. The van der Waals surface area contributed by atoms with E-state index in [1.807, 2.05) is 24.3 Å². The van der Waals surface area contributed by atoms with Crippen LogP contribution in [0.5, 0.6) is 0 Å². The van der Waals surface area contributed by atoms with Crippen molar-refractivity contribution in [2.24, 2.45) is 9.98 Å². The molecule has 0 fully saturated rings. The van der Waals surface area contributed by atoms with E-state index in [9.17, 15) is 14.4 Å². The molecule has 0 saturated carbocycles. The fourth-order valence-corrected chi connectivity index (χ4v) is 4.46. The van der Waals surface area contributed by atoms with Gasteiger partial charge in [-0.1, -0.05) is 37.2 Å². The maximum Gasteiger partial charge on any atom is 0.259 e. The first-order valence-electron chi connectivity index (χ1n) is 11.3. The molecule has 1 aromatic heterocycles. The van der Waals surface area contributed by atoms with E-state index in [-0.39, 0.29) is 29.9 Å². The first-order chi connectivity index (χ1) is 16.6. The van der Waals surface area contributed by atoms with Gasteiger partial charge in [-0.25, -0.2) is 9.89 Å². The Kier molecular flexibility index (Phi) is 7.79. The summed E-state index contributed by atoms with van der Waals surface area (Å²) in [5.41, 5.74) is 1.46. The number of rotatable bonds is 10. The van der Waals surface area contributed by atoms with E-state index in [0.717, 1.165) is 18.4 Å². The normalized spacial score (nSPS) is 16.4. The standard InChI is InChI=1S/C24H27N5O4S/c1-2-3-12-25-20(30)11-10-19-23(32)29-22(27-19)17-8-4-5-9-18(17)28-24(29)34-15-21(31)26-14-16-7-6-13-33-16/h4-9,13,19H,2-3,10-12,14-15H2,1H3,(H,25,30)(H,26,31)/t19-/m1/s1. The number of nitrogens with one attached hydrogen (secondary N) is 2. The van der Waals surface area contributed by atoms with Crippen LogP contribution in [0.15, 0.2) is 57.1 Å². The van der Waals surface area contributed by atoms with E-state index >= 15 is 0 Å². The number of hydrogen-bond donors (Lipinski definition) is 2. The van der Waals surface area contributed by atoms with Gasteiger partial charge in [-0.05, 0) is 37.1 Å². The number of hydrogen-bond acceptors (Lipinski definition) is 7. The summed E-state index contributed by atoms with van der Waals surface area (Å²) < 4.78 is 5.22. The molecule has 10 heteroatoms. The van der Waals surface area contributed by atoms with Gasteiger partial charge in [0, 0.05) is 18.5 Å². The van der Waals surface area contributed by atoms with Crippen molar-refractivity contribution in [3.05, 3.63) is 54.0 Å². The molecule has 2 N–H and O–H groups in total. The second-order valence-electron chi connectivity index (χ2n) is 7.94. The lowest BCUT2D eigenvalue weighted by molar-refractivity contribution is -0.125. The number of para-hydroxylation sites is 1. The number of unbranched alkanes of at least 4 members (excludes halogenated alkanes) is 1. The predicted molar refractivity (Wildman–Crippen MR) is 131 cm³/mol. The zero-order valence-electron chi connectivity index (χ0n) is 19.0. The summed E-state index contributed by atoms with van der Waals surface area (Å²) in [6, 6.07) is 10.3. The molecular weight excluding hydrogens is 454 g/mol. The molecule has 0 saturated heterocycles. The lowest BCUT2D eigenvalue weighted by Gasteiger charge is -2.25. The Labute approximate surface area is 202 Å². The van der Waals surface area contributed by atoms with Crippen LogP contribution in [0.1, 0.15) is 43.9 Å². The first kappa shape index (κ1) is 23.7. The van der Waals surface area contributed by atoms with Crippen molar-refractivity contribution in [2.75, 3.05) is 12.3 Å². The maximum atomic E-state index is 13.2. The van der Waals surface area contributed by atoms with Gasteiger partial charge in [0.2, 0.25) is 11.8 Å². The molecule has 2 aliphatic rings. The minimum atomic E-state index is -0.656. The van der Waals surface area contributed by atoms with Crippen molar-refractivity contribution in [1.82, 2.24) is 15.5 Å². The highest BCUT2D eigenvalue weighted by atomic mass is 32.2. The maximum absolute atomic E-state index is 13.2. The summed E-state index contributed by atoms with van der Waals surface area (Å²) >= 11 is 1.18. The molecule has 3 heterocycles. The van der Waals surface area contributed by atoms with E-state index in [4.69, 9.17) is 4.42 Å². The number of carbonyl (C=O) groups is 3. The van der Waals surface area contributed by atoms with Gasteiger partial charge in [-0.3, -0.25) is 19.4 Å². The Morgan fingerprint density at radius 2 is 2.00 bits per heavy atom. The van der Waals surface area contributed by atoms with Crippen LogP contribution in [-0.4, -0.2) is 52.0 Å². The second kappa shape index (κ2) is 11.1. The average Bonchev–Trinajstić information content (AvgIpc) is 3.48. The molecule has 178 valence electrons. The summed E-state index contributed by atoms with van der Waals surface area (Å²) in [6.45, 7) is 2.99. The predicted octanol–water partition coefficient (Wildman–Crippen LogP) is 2.98. The third kappa shape index (κ3) is 5.56. The number of carbonyl (C=O) groups excluding carboxylic acids is 3. The lowest BCUT2D eigenvalue weighted by Crippen LogP contribution is -2.41. The topological polar surface area (TPSA) is 116 Å². The molecular formula is C24H27N5O4S. The Morgan fingerprint density at radius 1 is 1.15 bits per heavy atom. The molecule has 0 radical (unpaired) electrons. The minimum Gasteiger partial charge on any atom is -0.467 e. The van der Waals surface area contributed by atoms with Crippen LogP contribution in [0.3, 0.4) is 0 Å². The monoisotopic (exact) mass is 481 g/mol. The number of amidine groups is 2. The molecule has 0 aliphatic carbocycles. The third-order valence-electron chi connectivity index (χ3n) is 5.42. The number of furan rings is 1. The molecule has 3 amide bonds. The van der Waals surface area contributed by atoms with E-state index in [1.54, 1.807) is 18.4 Å². The molecule has 0 bridgehead atoms.